The van der Waals surface area contributed by atoms with Crippen molar-refractivity contribution in [3.05, 3.63) is 57.6 Å². The van der Waals surface area contributed by atoms with Crippen molar-refractivity contribution in [1.82, 2.24) is 0 Å². The van der Waals surface area contributed by atoms with E-state index in [2.05, 4.69) is 10.6 Å². The van der Waals surface area contributed by atoms with E-state index >= 15 is 0 Å². The van der Waals surface area contributed by atoms with Gasteiger partial charge in [0.05, 0.1) is 4.92 Å². The molecule has 2 N–H and O–H groups in total. The first-order valence-electron chi connectivity index (χ1n) is 6.32. The highest BCUT2D eigenvalue weighted by Gasteiger charge is 2.18. The van der Waals surface area contributed by atoms with E-state index in [9.17, 15) is 10.1 Å². The zero-order chi connectivity index (χ0) is 14.7. The second-order valence-corrected chi connectivity index (χ2v) is 4.63. The molecule has 5 nitrogen and oxygen atoms in total. The quantitative estimate of drug-likeness (QED) is 0.651. The Balaban J connectivity index is 2.42. The summed E-state index contributed by atoms with van der Waals surface area (Å²) in [5.74, 6) is 0. The SMILES string of the molecule is CNc1cccc(Nc2ccc(C)c(C)c2)c1[N+](=O)[O-]. The van der Waals surface area contributed by atoms with E-state index in [0.29, 0.717) is 11.4 Å². The molecule has 2 aromatic rings. The Morgan fingerprint density at radius 2 is 1.75 bits per heavy atom. The fourth-order valence-electron chi connectivity index (χ4n) is 2.02. The number of nitro benzene ring substituents is 1. The maximum absolute atomic E-state index is 11.2. The fourth-order valence-corrected chi connectivity index (χ4v) is 2.02. The molecule has 2 rings (SSSR count). The molecule has 0 heterocycles. The van der Waals surface area contributed by atoms with Gasteiger partial charge in [0.25, 0.3) is 0 Å². The molecule has 0 saturated carbocycles. The summed E-state index contributed by atoms with van der Waals surface area (Å²) in [7, 11) is 1.67. The van der Waals surface area contributed by atoms with Crippen molar-refractivity contribution in [2.45, 2.75) is 13.8 Å². The topological polar surface area (TPSA) is 67.2 Å². The second-order valence-electron chi connectivity index (χ2n) is 4.63. The third-order valence-corrected chi connectivity index (χ3v) is 3.27. The van der Waals surface area contributed by atoms with Gasteiger partial charge in [-0.1, -0.05) is 12.1 Å². The van der Waals surface area contributed by atoms with E-state index in [1.807, 2.05) is 32.0 Å². The van der Waals surface area contributed by atoms with E-state index < -0.39 is 0 Å². The summed E-state index contributed by atoms with van der Waals surface area (Å²) >= 11 is 0. The van der Waals surface area contributed by atoms with Gasteiger partial charge in [0.2, 0.25) is 0 Å². The van der Waals surface area contributed by atoms with Crippen molar-refractivity contribution in [2.24, 2.45) is 0 Å². The Morgan fingerprint density at radius 1 is 1.05 bits per heavy atom. The number of rotatable bonds is 4. The lowest BCUT2D eigenvalue weighted by Crippen LogP contribution is -2.01. The largest absolute Gasteiger partial charge is 0.382 e. The van der Waals surface area contributed by atoms with Crippen LogP contribution in [0.5, 0.6) is 0 Å². The summed E-state index contributed by atoms with van der Waals surface area (Å²) in [4.78, 5) is 10.9. The Bertz CT molecular complexity index is 654. The van der Waals surface area contributed by atoms with Gasteiger partial charge in [0, 0.05) is 12.7 Å². The summed E-state index contributed by atoms with van der Waals surface area (Å²) in [6.07, 6.45) is 0. The molecule has 104 valence electrons. The normalized spacial score (nSPS) is 10.2. The number of aryl methyl sites for hydroxylation is 2. The van der Waals surface area contributed by atoms with Gasteiger partial charge < -0.3 is 10.6 Å². The maximum atomic E-state index is 11.2. The lowest BCUT2D eigenvalue weighted by atomic mass is 10.1. The highest BCUT2D eigenvalue weighted by atomic mass is 16.6. The van der Waals surface area contributed by atoms with Gasteiger partial charge in [0.15, 0.2) is 0 Å². The monoisotopic (exact) mass is 271 g/mol. The lowest BCUT2D eigenvalue weighted by molar-refractivity contribution is -0.383. The molecule has 0 unspecified atom stereocenters. The first kappa shape index (κ1) is 13.9. The molecular formula is C15H17N3O2. The van der Waals surface area contributed by atoms with E-state index in [1.165, 1.54) is 5.56 Å². The van der Waals surface area contributed by atoms with E-state index in [4.69, 9.17) is 0 Å². The maximum Gasteiger partial charge on any atom is 0.315 e. The van der Waals surface area contributed by atoms with E-state index in [1.54, 1.807) is 25.2 Å². The summed E-state index contributed by atoms with van der Waals surface area (Å²) in [6, 6.07) is 11.1. The second kappa shape index (κ2) is 5.61. The average molecular weight is 271 g/mol. The molecule has 5 heteroatoms. The molecular weight excluding hydrogens is 254 g/mol. The minimum absolute atomic E-state index is 0.0493. The van der Waals surface area contributed by atoms with Gasteiger partial charge >= 0.3 is 5.69 Å². The number of hydrogen-bond donors (Lipinski definition) is 2. The highest BCUT2D eigenvalue weighted by molar-refractivity contribution is 5.79. The van der Waals surface area contributed by atoms with Crippen molar-refractivity contribution in [3.8, 4) is 0 Å². The number of nitrogens with one attached hydrogen (secondary N) is 2. The van der Waals surface area contributed by atoms with Gasteiger partial charge in [-0.3, -0.25) is 10.1 Å². The Kier molecular flexibility index (Phi) is 3.89. The number of benzene rings is 2. The highest BCUT2D eigenvalue weighted by Crippen LogP contribution is 2.34. The van der Waals surface area contributed by atoms with Crippen LogP contribution in [0.2, 0.25) is 0 Å². The molecule has 0 bridgehead atoms. The lowest BCUT2D eigenvalue weighted by Gasteiger charge is -2.11. The van der Waals surface area contributed by atoms with Gasteiger partial charge in [0.1, 0.15) is 11.4 Å². The van der Waals surface area contributed by atoms with Crippen molar-refractivity contribution in [3.63, 3.8) is 0 Å². The van der Waals surface area contributed by atoms with Gasteiger partial charge in [-0.05, 0) is 49.2 Å². The van der Waals surface area contributed by atoms with Crippen molar-refractivity contribution < 1.29 is 4.92 Å². The zero-order valence-electron chi connectivity index (χ0n) is 11.7. The molecule has 0 atom stereocenters. The number of nitro groups is 1. The van der Waals surface area contributed by atoms with Crippen LogP contribution in [-0.2, 0) is 0 Å². The van der Waals surface area contributed by atoms with Crippen LogP contribution in [-0.4, -0.2) is 12.0 Å². The van der Waals surface area contributed by atoms with Crippen molar-refractivity contribution >= 4 is 22.7 Å². The van der Waals surface area contributed by atoms with Crippen LogP contribution in [0, 0.1) is 24.0 Å². The standard InChI is InChI=1S/C15H17N3O2/c1-10-7-8-12(9-11(10)2)17-14-6-4-5-13(16-3)15(14)18(19)20/h4-9,16-17H,1-3H3. The van der Waals surface area contributed by atoms with Gasteiger partial charge in [-0.2, -0.15) is 0 Å². The summed E-state index contributed by atoms with van der Waals surface area (Å²) in [5, 5.41) is 17.2. The summed E-state index contributed by atoms with van der Waals surface area (Å²) < 4.78 is 0. The zero-order valence-corrected chi connectivity index (χ0v) is 11.7. The molecule has 0 saturated heterocycles. The minimum atomic E-state index is -0.380. The van der Waals surface area contributed by atoms with Gasteiger partial charge in [-0.25, -0.2) is 0 Å². The number of para-hydroxylation sites is 1. The predicted octanol–water partition coefficient (Wildman–Crippen LogP) is 4.00. The molecule has 2 aromatic carbocycles. The molecule has 0 radical (unpaired) electrons. The minimum Gasteiger partial charge on any atom is -0.382 e. The fraction of sp³-hybridized carbons (Fsp3) is 0.200. The van der Waals surface area contributed by atoms with E-state index in [-0.39, 0.29) is 10.6 Å². The first-order chi connectivity index (χ1) is 9.52. The van der Waals surface area contributed by atoms with Crippen LogP contribution < -0.4 is 10.6 Å². The van der Waals surface area contributed by atoms with Crippen LogP contribution >= 0.6 is 0 Å². The Morgan fingerprint density at radius 3 is 2.35 bits per heavy atom. The van der Waals surface area contributed by atoms with Crippen LogP contribution in [0.3, 0.4) is 0 Å². The number of nitrogens with zero attached hydrogens (tertiary/aromatic N) is 1. The summed E-state index contributed by atoms with van der Waals surface area (Å²) in [5.41, 5.74) is 4.18. The Labute approximate surface area is 117 Å². The summed E-state index contributed by atoms with van der Waals surface area (Å²) in [6.45, 7) is 4.04. The molecule has 0 aromatic heterocycles. The molecule has 0 aliphatic rings. The molecule has 0 amide bonds. The predicted molar refractivity (Wildman–Crippen MR) is 81.8 cm³/mol. The van der Waals surface area contributed by atoms with Crippen molar-refractivity contribution in [1.29, 1.82) is 0 Å². The molecule has 0 aliphatic carbocycles. The van der Waals surface area contributed by atoms with Crippen molar-refractivity contribution in [2.75, 3.05) is 17.7 Å². The smallest absolute Gasteiger partial charge is 0.315 e. The third-order valence-electron chi connectivity index (χ3n) is 3.27. The van der Waals surface area contributed by atoms with Crippen LogP contribution in [0.15, 0.2) is 36.4 Å². The van der Waals surface area contributed by atoms with Crippen LogP contribution in [0.1, 0.15) is 11.1 Å². The molecule has 0 fully saturated rings. The number of anilines is 3. The molecule has 0 spiro atoms. The molecule has 20 heavy (non-hydrogen) atoms. The number of hydrogen-bond acceptors (Lipinski definition) is 4. The van der Waals surface area contributed by atoms with Crippen LogP contribution in [0.25, 0.3) is 0 Å². The van der Waals surface area contributed by atoms with E-state index in [0.717, 1.165) is 11.3 Å². The van der Waals surface area contributed by atoms with Crippen LogP contribution in [0.4, 0.5) is 22.7 Å². The molecule has 0 aliphatic heterocycles. The third kappa shape index (κ3) is 2.71. The average Bonchev–Trinajstić information content (AvgIpc) is 2.42. The van der Waals surface area contributed by atoms with Gasteiger partial charge in [-0.15, -0.1) is 0 Å². The Hall–Kier alpha value is -2.56. The first-order valence-corrected chi connectivity index (χ1v) is 6.32.